The molecule has 0 saturated heterocycles. The van der Waals surface area contributed by atoms with Crippen LogP contribution in [0.15, 0.2) is 42.5 Å². The zero-order valence-electron chi connectivity index (χ0n) is 22.3. The van der Waals surface area contributed by atoms with Gasteiger partial charge in [0.1, 0.15) is 6.04 Å². The van der Waals surface area contributed by atoms with Crippen LogP contribution >= 0.6 is 11.6 Å². The average Bonchev–Trinajstić information content (AvgIpc) is 2.89. The van der Waals surface area contributed by atoms with E-state index in [-0.39, 0.29) is 49.5 Å². The molecule has 1 aliphatic rings. The molecule has 0 unspecified atom stereocenters. The first-order chi connectivity index (χ1) is 18.5. The van der Waals surface area contributed by atoms with Crippen molar-refractivity contribution in [1.29, 1.82) is 0 Å². The van der Waals surface area contributed by atoms with E-state index in [0.717, 1.165) is 54.8 Å². The molecule has 2 aromatic rings. The number of nitrogens with one attached hydrogen (secondary N) is 1. The van der Waals surface area contributed by atoms with Crippen LogP contribution in [0.1, 0.15) is 63.9 Å². The Labute approximate surface area is 234 Å². The second kappa shape index (κ2) is 14.1. The van der Waals surface area contributed by atoms with Crippen molar-refractivity contribution in [2.24, 2.45) is 0 Å². The number of nitrogens with zero attached hydrogens (tertiary/aromatic N) is 2. The predicted molar refractivity (Wildman–Crippen MR) is 149 cm³/mol. The third kappa shape index (κ3) is 8.63. The number of rotatable bonds is 12. The zero-order valence-corrected chi connectivity index (χ0v) is 23.9. The van der Waals surface area contributed by atoms with Crippen molar-refractivity contribution in [3.05, 3.63) is 64.7 Å². The molecular weight excluding hydrogens is 548 g/mol. The van der Waals surface area contributed by atoms with Crippen molar-refractivity contribution in [3.63, 3.8) is 0 Å². The summed E-state index contributed by atoms with van der Waals surface area (Å²) in [7, 11) is -3.83. The van der Waals surface area contributed by atoms with Crippen molar-refractivity contribution in [3.8, 4) is 0 Å². The summed E-state index contributed by atoms with van der Waals surface area (Å²) in [6.45, 7) is 1.83. The highest BCUT2D eigenvalue weighted by atomic mass is 35.5. The quantitative estimate of drug-likeness (QED) is 0.361. The molecule has 0 heterocycles. The molecule has 3 rings (SSSR count). The largest absolute Gasteiger partial charge is 0.352 e. The third-order valence-electron chi connectivity index (χ3n) is 6.98. The molecule has 11 heteroatoms. The van der Waals surface area contributed by atoms with Crippen LogP contribution in [-0.4, -0.2) is 50.0 Å². The number of amides is 2. The maximum Gasteiger partial charge on any atom is 0.243 e. The van der Waals surface area contributed by atoms with E-state index in [4.69, 9.17) is 11.6 Å². The monoisotopic (exact) mass is 583 g/mol. The van der Waals surface area contributed by atoms with Crippen molar-refractivity contribution in [1.82, 2.24) is 10.2 Å². The van der Waals surface area contributed by atoms with Gasteiger partial charge in [-0.1, -0.05) is 56.0 Å². The van der Waals surface area contributed by atoms with Gasteiger partial charge in [-0.3, -0.25) is 13.9 Å². The predicted octanol–water partition coefficient (Wildman–Crippen LogP) is 5.42. The Morgan fingerprint density at radius 3 is 2.38 bits per heavy atom. The van der Waals surface area contributed by atoms with Crippen LogP contribution < -0.4 is 9.62 Å². The number of halogens is 3. The van der Waals surface area contributed by atoms with Crippen LogP contribution in [0.2, 0.25) is 5.02 Å². The van der Waals surface area contributed by atoms with Gasteiger partial charge in [-0.15, -0.1) is 0 Å². The van der Waals surface area contributed by atoms with Gasteiger partial charge in [0.05, 0.1) is 11.9 Å². The van der Waals surface area contributed by atoms with Gasteiger partial charge in [0.25, 0.3) is 0 Å². The molecule has 0 aromatic heterocycles. The first kappa shape index (κ1) is 30.8. The smallest absolute Gasteiger partial charge is 0.243 e. The Bertz CT molecular complexity index is 1260. The summed E-state index contributed by atoms with van der Waals surface area (Å²) in [5.41, 5.74) is 0.658. The van der Waals surface area contributed by atoms with E-state index in [9.17, 15) is 26.8 Å². The summed E-state index contributed by atoms with van der Waals surface area (Å²) in [4.78, 5) is 28.4. The molecule has 0 spiro atoms. The van der Waals surface area contributed by atoms with E-state index in [1.807, 2.05) is 6.92 Å². The maximum absolute atomic E-state index is 13.8. The van der Waals surface area contributed by atoms with E-state index in [0.29, 0.717) is 17.0 Å². The molecule has 0 aliphatic heterocycles. The lowest BCUT2D eigenvalue weighted by Gasteiger charge is -2.33. The van der Waals surface area contributed by atoms with Gasteiger partial charge in [-0.2, -0.15) is 0 Å². The zero-order chi connectivity index (χ0) is 28.6. The fourth-order valence-corrected chi connectivity index (χ4v) is 6.07. The van der Waals surface area contributed by atoms with E-state index >= 15 is 0 Å². The SMILES string of the molecule is CC[C@H](C(=O)NC1CCCCC1)N(Cc1ccccc1Cl)C(=O)CCCN(c1ccc(F)c(F)c1)S(C)(=O)=O. The molecule has 1 atom stereocenters. The summed E-state index contributed by atoms with van der Waals surface area (Å²) in [5.74, 6) is -2.81. The maximum atomic E-state index is 13.8. The highest BCUT2D eigenvalue weighted by Gasteiger charge is 2.31. The van der Waals surface area contributed by atoms with Gasteiger partial charge in [0, 0.05) is 36.6 Å². The summed E-state index contributed by atoms with van der Waals surface area (Å²) in [6, 6.07) is 9.29. The van der Waals surface area contributed by atoms with Crippen LogP contribution in [0.4, 0.5) is 14.5 Å². The van der Waals surface area contributed by atoms with Crippen molar-refractivity contribution >= 4 is 39.1 Å². The Morgan fingerprint density at radius 1 is 1.08 bits per heavy atom. The second-order valence-corrected chi connectivity index (χ2v) is 12.2. The van der Waals surface area contributed by atoms with Crippen LogP contribution in [0.3, 0.4) is 0 Å². The standard InChI is InChI=1S/C28H36ClF2N3O4S/c1-3-26(28(36)32-21-11-5-4-6-12-21)33(19-20-10-7-8-13-23(20)29)27(35)14-9-17-34(39(2,37)38)22-15-16-24(30)25(31)18-22/h7-8,10,13,15-16,18,21,26H,3-6,9,11-12,14,17,19H2,1-2H3,(H,32,36)/t26-/m1/s1. The number of hydrogen-bond acceptors (Lipinski definition) is 4. The van der Waals surface area contributed by atoms with Gasteiger partial charge < -0.3 is 10.2 Å². The summed E-state index contributed by atoms with van der Waals surface area (Å²) in [5, 5.41) is 3.58. The molecule has 2 aromatic carbocycles. The lowest BCUT2D eigenvalue weighted by atomic mass is 9.95. The lowest BCUT2D eigenvalue weighted by molar-refractivity contribution is -0.141. The fraction of sp³-hybridized carbons (Fsp3) is 0.500. The van der Waals surface area contributed by atoms with E-state index in [1.54, 1.807) is 24.3 Å². The average molecular weight is 584 g/mol. The highest BCUT2D eigenvalue weighted by molar-refractivity contribution is 7.92. The fourth-order valence-electron chi connectivity index (χ4n) is 4.92. The van der Waals surface area contributed by atoms with Gasteiger partial charge in [-0.05, 0) is 49.4 Å². The molecule has 39 heavy (non-hydrogen) atoms. The van der Waals surface area contributed by atoms with Gasteiger partial charge in [0.15, 0.2) is 11.6 Å². The number of benzene rings is 2. The molecule has 0 radical (unpaired) electrons. The number of hydrogen-bond donors (Lipinski definition) is 1. The van der Waals surface area contributed by atoms with E-state index < -0.39 is 27.7 Å². The Morgan fingerprint density at radius 2 is 1.77 bits per heavy atom. The number of carbonyl (C=O) groups excluding carboxylic acids is 2. The van der Waals surface area contributed by atoms with E-state index in [2.05, 4.69) is 5.32 Å². The first-order valence-corrected chi connectivity index (χ1v) is 15.5. The summed E-state index contributed by atoms with van der Waals surface area (Å²) < 4.78 is 52.9. The molecule has 7 nitrogen and oxygen atoms in total. The summed E-state index contributed by atoms with van der Waals surface area (Å²) in [6.07, 6.45) is 6.46. The molecule has 1 aliphatic carbocycles. The van der Waals surface area contributed by atoms with Crippen LogP contribution in [-0.2, 0) is 26.2 Å². The minimum Gasteiger partial charge on any atom is -0.352 e. The number of sulfonamides is 1. The van der Waals surface area contributed by atoms with Crippen LogP contribution in [0.25, 0.3) is 0 Å². The molecule has 0 bridgehead atoms. The summed E-state index contributed by atoms with van der Waals surface area (Å²) >= 11 is 6.37. The van der Waals surface area contributed by atoms with Crippen LogP contribution in [0, 0.1) is 11.6 Å². The minimum atomic E-state index is -3.83. The molecule has 2 amide bonds. The van der Waals surface area contributed by atoms with Crippen molar-refractivity contribution in [2.45, 2.75) is 76.9 Å². The normalized spacial score (nSPS) is 15.0. The van der Waals surface area contributed by atoms with Crippen LogP contribution in [0.5, 0.6) is 0 Å². The molecule has 1 saturated carbocycles. The van der Waals surface area contributed by atoms with Crippen molar-refractivity contribution < 1.29 is 26.8 Å². The minimum absolute atomic E-state index is 0.0323. The molecule has 1 fully saturated rings. The molecule has 214 valence electrons. The third-order valence-corrected chi connectivity index (χ3v) is 8.54. The Kier molecular flexibility index (Phi) is 11.1. The lowest BCUT2D eigenvalue weighted by Crippen LogP contribution is -2.51. The number of anilines is 1. The molecule has 1 N–H and O–H groups in total. The van der Waals surface area contributed by atoms with Gasteiger partial charge >= 0.3 is 0 Å². The highest BCUT2D eigenvalue weighted by Crippen LogP contribution is 2.24. The Balaban J connectivity index is 1.77. The number of carbonyl (C=O) groups is 2. The molecular formula is C28H36ClF2N3O4S. The Hall–Kier alpha value is -2.72. The topological polar surface area (TPSA) is 86.8 Å². The van der Waals surface area contributed by atoms with Gasteiger partial charge in [-0.25, -0.2) is 17.2 Å². The first-order valence-electron chi connectivity index (χ1n) is 13.3. The van der Waals surface area contributed by atoms with Gasteiger partial charge in [0.2, 0.25) is 21.8 Å². The second-order valence-electron chi connectivity index (χ2n) is 9.92. The van der Waals surface area contributed by atoms with E-state index in [1.165, 1.54) is 11.0 Å². The van der Waals surface area contributed by atoms with Crippen molar-refractivity contribution in [2.75, 3.05) is 17.1 Å².